The summed E-state index contributed by atoms with van der Waals surface area (Å²) in [7, 11) is 1.57. The van der Waals surface area contributed by atoms with Crippen molar-refractivity contribution in [1.82, 2.24) is 15.5 Å². The van der Waals surface area contributed by atoms with Crippen molar-refractivity contribution in [2.24, 2.45) is 0 Å². The van der Waals surface area contributed by atoms with Crippen molar-refractivity contribution < 1.29 is 23.6 Å². The zero-order valence-electron chi connectivity index (χ0n) is 18.0. The monoisotopic (exact) mass is 423 g/mol. The molecule has 1 heterocycles. The van der Waals surface area contributed by atoms with Crippen LogP contribution in [-0.4, -0.2) is 35.7 Å². The molecule has 3 rings (SSSR count). The Morgan fingerprint density at radius 3 is 2.52 bits per heavy atom. The molecule has 0 spiro atoms. The van der Waals surface area contributed by atoms with Crippen molar-refractivity contribution >= 4 is 11.9 Å². The second kappa shape index (κ2) is 9.42. The quantitative estimate of drug-likeness (QED) is 0.580. The number of nitrogens with zero attached hydrogens (tertiary/aromatic N) is 2. The molecule has 0 radical (unpaired) electrons. The van der Waals surface area contributed by atoms with Crippen LogP contribution in [0.15, 0.2) is 53.1 Å². The maximum absolute atomic E-state index is 12.2. The van der Waals surface area contributed by atoms with Crippen molar-refractivity contribution in [3.8, 4) is 17.1 Å². The summed E-state index contributed by atoms with van der Waals surface area (Å²) in [5.74, 6) is 0.211. The van der Waals surface area contributed by atoms with Gasteiger partial charge in [-0.25, -0.2) is 0 Å². The number of benzene rings is 2. The second-order valence-electron chi connectivity index (χ2n) is 7.91. The van der Waals surface area contributed by atoms with Crippen LogP contribution in [0.5, 0.6) is 5.75 Å². The number of esters is 1. The van der Waals surface area contributed by atoms with Crippen LogP contribution in [0.4, 0.5) is 0 Å². The molecular formula is C23H25N3O5. The fraction of sp³-hybridized carbons (Fsp3) is 0.304. The van der Waals surface area contributed by atoms with Gasteiger partial charge in [0.2, 0.25) is 5.82 Å². The van der Waals surface area contributed by atoms with Gasteiger partial charge < -0.3 is 19.3 Å². The zero-order valence-corrected chi connectivity index (χ0v) is 18.0. The number of methoxy groups -OCH3 is 1. The van der Waals surface area contributed by atoms with E-state index in [4.69, 9.17) is 14.0 Å². The third kappa shape index (κ3) is 5.91. The van der Waals surface area contributed by atoms with Crippen molar-refractivity contribution in [3.05, 3.63) is 65.5 Å². The Bertz CT molecular complexity index is 1050. The van der Waals surface area contributed by atoms with Gasteiger partial charge in [0.05, 0.1) is 7.11 Å². The van der Waals surface area contributed by atoms with Gasteiger partial charge in [-0.3, -0.25) is 9.59 Å². The van der Waals surface area contributed by atoms with Crippen LogP contribution < -0.4 is 10.1 Å². The molecular weight excluding hydrogens is 398 g/mol. The lowest BCUT2D eigenvalue weighted by atomic mass is 9.87. The van der Waals surface area contributed by atoms with E-state index in [0.29, 0.717) is 22.7 Å². The summed E-state index contributed by atoms with van der Waals surface area (Å²) in [6.45, 7) is 5.84. The number of carbonyl (C=O) groups is 2. The molecule has 8 heteroatoms. The van der Waals surface area contributed by atoms with Crippen LogP contribution >= 0.6 is 0 Å². The lowest BCUT2D eigenvalue weighted by Crippen LogP contribution is -2.30. The van der Waals surface area contributed by atoms with Crippen LogP contribution in [0.2, 0.25) is 0 Å². The first-order chi connectivity index (χ1) is 14.8. The largest absolute Gasteiger partial charge is 0.497 e. The van der Waals surface area contributed by atoms with E-state index in [1.165, 1.54) is 0 Å². The summed E-state index contributed by atoms with van der Waals surface area (Å²) in [6, 6.07) is 14.5. The Hall–Kier alpha value is -3.68. The minimum absolute atomic E-state index is 0.000000848. The molecule has 1 amide bonds. The normalized spacial score (nSPS) is 11.1. The minimum atomic E-state index is -0.610. The summed E-state index contributed by atoms with van der Waals surface area (Å²) >= 11 is 0. The summed E-state index contributed by atoms with van der Waals surface area (Å²) in [5, 5.41) is 6.42. The predicted molar refractivity (Wildman–Crippen MR) is 114 cm³/mol. The number of aromatic nitrogens is 2. The lowest BCUT2D eigenvalue weighted by Gasteiger charge is -2.19. The highest BCUT2D eigenvalue weighted by atomic mass is 16.6. The molecule has 1 aromatic heterocycles. The molecule has 0 fully saturated rings. The van der Waals surface area contributed by atoms with Crippen LogP contribution in [-0.2, 0) is 21.6 Å². The molecule has 1 N–H and O–H groups in total. The van der Waals surface area contributed by atoms with E-state index in [1.807, 2.05) is 24.3 Å². The van der Waals surface area contributed by atoms with Crippen LogP contribution in [0.1, 0.15) is 42.6 Å². The molecule has 0 aliphatic rings. The van der Waals surface area contributed by atoms with E-state index in [1.54, 1.807) is 31.4 Å². The van der Waals surface area contributed by atoms with Crippen LogP contribution in [0.3, 0.4) is 0 Å². The highest BCUT2D eigenvalue weighted by Gasteiger charge is 2.16. The molecule has 0 unspecified atom stereocenters. The van der Waals surface area contributed by atoms with E-state index < -0.39 is 5.97 Å². The summed E-state index contributed by atoms with van der Waals surface area (Å²) in [5.41, 5.74) is 2.31. The summed E-state index contributed by atoms with van der Waals surface area (Å²) < 4.78 is 15.4. The second-order valence-corrected chi connectivity index (χ2v) is 7.91. The zero-order chi connectivity index (χ0) is 22.4. The van der Waals surface area contributed by atoms with Crippen molar-refractivity contribution in [1.29, 1.82) is 0 Å². The van der Waals surface area contributed by atoms with Gasteiger partial charge in [0.15, 0.2) is 6.61 Å². The third-order valence-electron chi connectivity index (χ3n) is 4.56. The maximum atomic E-state index is 12.2. The van der Waals surface area contributed by atoms with Gasteiger partial charge in [0.1, 0.15) is 12.3 Å². The molecule has 3 aromatic rings. The van der Waals surface area contributed by atoms with Gasteiger partial charge >= 0.3 is 5.97 Å². The molecule has 162 valence electrons. The first-order valence-electron chi connectivity index (χ1n) is 9.77. The Balaban J connectivity index is 1.48. The first-order valence-corrected chi connectivity index (χ1v) is 9.77. The average Bonchev–Trinajstić information content (AvgIpc) is 3.24. The minimum Gasteiger partial charge on any atom is -0.497 e. The molecule has 0 saturated carbocycles. The maximum Gasteiger partial charge on any atom is 0.325 e. The van der Waals surface area contributed by atoms with Crippen LogP contribution in [0.25, 0.3) is 11.4 Å². The third-order valence-corrected chi connectivity index (χ3v) is 4.56. The molecule has 0 saturated heterocycles. The Labute approximate surface area is 180 Å². The molecule has 0 atom stereocenters. The fourth-order valence-electron chi connectivity index (χ4n) is 2.76. The van der Waals surface area contributed by atoms with Crippen molar-refractivity contribution in [3.63, 3.8) is 0 Å². The van der Waals surface area contributed by atoms with E-state index >= 15 is 0 Å². The smallest absolute Gasteiger partial charge is 0.325 e. The molecule has 8 nitrogen and oxygen atoms in total. The molecule has 0 bridgehead atoms. The summed E-state index contributed by atoms with van der Waals surface area (Å²) in [4.78, 5) is 28.4. The number of rotatable bonds is 7. The molecule has 0 aliphatic carbocycles. The topological polar surface area (TPSA) is 104 Å². The van der Waals surface area contributed by atoms with E-state index in [2.05, 4.69) is 36.2 Å². The molecule has 2 aromatic carbocycles. The number of hydrogen-bond donors (Lipinski definition) is 1. The van der Waals surface area contributed by atoms with E-state index in [-0.39, 0.29) is 30.4 Å². The first kappa shape index (κ1) is 22.0. The standard InChI is InChI=1S/C23H25N3O5/c1-23(2,3)17-10-8-15(9-11-17)22(28)24-13-20(27)30-14-19-25-21(26-31-19)16-6-5-7-18(12-16)29-4/h5-12H,13-14H2,1-4H3,(H,24,28). The number of amides is 1. The number of nitrogens with one attached hydrogen (secondary N) is 1. The lowest BCUT2D eigenvalue weighted by molar-refractivity contribution is -0.144. The fourth-order valence-corrected chi connectivity index (χ4v) is 2.76. The highest BCUT2D eigenvalue weighted by Crippen LogP contribution is 2.22. The van der Waals surface area contributed by atoms with Crippen LogP contribution in [0, 0.1) is 0 Å². The van der Waals surface area contributed by atoms with Gasteiger partial charge in [-0.05, 0) is 35.2 Å². The van der Waals surface area contributed by atoms with Gasteiger partial charge in [-0.1, -0.05) is 50.2 Å². The van der Waals surface area contributed by atoms with E-state index in [9.17, 15) is 9.59 Å². The highest BCUT2D eigenvalue weighted by molar-refractivity contribution is 5.95. The summed E-state index contributed by atoms with van der Waals surface area (Å²) in [6.07, 6.45) is 0. The van der Waals surface area contributed by atoms with Gasteiger partial charge in [-0.2, -0.15) is 4.98 Å². The molecule has 0 aliphatic heterocycles. The van der Waals surface area contributed by atoms with E-state index in [0.717, 1.165) is 5.56 Å². The van der Waals surface area contributed by atoms with Gasteiger partial charge in [0, 0.05) is 11.1 Å². The Kier molecular flexibility index (Phi) is 6.69. The Morgan fingerprint density at radius 2 is 1.84 bits per heavy atom. The SMILES string of the molecule is COc1cccc(-c2noc(COC(=O)CNC(=O)c3ccc(C(C)(C)C)cc3)n2)c1. The molecule has 31 heavy (non-hydrogen) atoms. The Morgan fingerprint density at radius 1 is 1.10 bits per heavy atom. The average molecular weight is 423 g/mol. The number of carbonyl (C=O) groups excluding carboxylic acids is 2. The number of ether oxygens (including phenoxy) is 2. The van der Waals surface area contributed by atoms with Gasteiger partial charge in [-0.15, -0.1) is 0 Å². The van der Waals surface area contributed by atoms with Gasteiger partial charge in [0.25, 0.3) is 11.8 Å². The van der Waals surface area contributed by atoms with Crippen molar-refractivity contribution in [2.45, 2.75) is 32.8 Å². The number of hydrogen-bond acceptors (Lipinski definition) is 7. The van der Waals surface area contributed by atoms with Crippen molar-refractivity contribution in [2.75, 3.05) is 13.7 Å². The predicted octanol–water partition coefficient (Wildman–Crippen LogP) is 3.52.